The van der Waals surface area contributed by atoms with Crippen LogP contribution in [-0.2, 0) is 0 Å². The second-order valence-electron chi connectivity index (χ2n) is 4.16. The molecule has 0 unspecified atom stereocenters. The second kappa shape index (κ2) is 7.03. The molecular formula is C15H12Cl3NO2. The summed E-state index contributed by atoms with van der Waals surface area (Å²) in [7, 11) is 0. The molecule has 0 bridgehead atoms. The van der Waals surface area contributed by atoms with Crippen LogP contribution >= 0.6 is 34.8 Å². The average molecular weight is 345 g/mol. The van der Waals surface area contributed by atoms with Gasteiger partial charge in [0.15, 0.2) is 0 Å². The number of amides is 1. The molecule has 0 spiro atoms. The molecule has 1 N–H and O–H groups in total. The molecule has 0 aliphatic rings. The van der Waals surface area contributed by atoms with E-state index in [2.05, 4.69) is 5.32 Å². The molecule has 0 heterocycles. The third-order valence-electron chi connectivity index (χ3n) is 2.67. The maximum Gasteiger partial charge on any atom is 0.255 e. The highest BCUT2D eigenvalue weighted by Gasteiger charge is 2.12. The molecule has 2 rings (SSSR count). The molecule has 2 aromatic carbocycles. The third kappa shape index (κ3) is 4.03. The fraction of sp³-hybridized carbons (Fsp3) is 0.133. The van der Waals surface area contributed by atoms with Crippen LogP contribution in [0.15, 0.2) is 36.4 Å². The monoisotopic (exact) mass is 343 g/mol. The molecule has 0 fully saturated rings. The van der Waals surface area contributed by atoms with Crippen LogP contribution in [0.2, 0.25) is 15.1 Å². The van der Waals surface area contributed by atoms with Gasteiger partial charge in [-0.15, -0.1) is 0 Å². The van der Waals surface area contributed by atoms with E-state index in [0.717, 1.165) is 0 Å². The summed E-state index contributed by atoms with van der Waals surface area (Å²) in [5.41, 5.74) is 0.896. The van der Waals surface area contributed by atoms with E-state index in [9.17, 15) is 4.79 Å². The van der Waals surface area contributed by atoms with E-state index in [1.807, 2.05) is 6.92 Å². The van der Waals surface area contributed by atoms with E-state index < -0.39 is 0 Å². The van der Waals surface area contributed by atoms with Crippen LogP contribution in [0, 0.1) is 0 Å². The summed E-state index contributed by atoms with van der Waals surface area (Å²) in [6, 6.07) is 9.69. The van der Waals surface area contributed by atoms with Gasteiger partial charge in [0.05, 0.1) is 22.3 Å². The van der Waals surface area contributed by atoms with E-state index in [-0.39, 0.29) is 5.91 Å². The lowest BCUT2D eigenvalue weighted by Crippen LogP contribution is -2.13. The summed E-state index contributed by atoms with van der Waals surface area (Å²) in [6.45, 7) is 2.34. The Balaban J connectivity index is 2.26. The quantitative estimate of drug-likeness (QED) is 0.817. The summed E-state index contributed by atoms with van der Waals surface area (Å²) in [5.74, 6) is 0.229. The van der Waals surface area contributed by atoms with Gasteiger partial charge in [-0.25, -0.2) is 0 Å². The van der Waals surface area contributed by atoms with E-state index >= 15 is 0 Å². The number of nitrogens with one attached hydrogen (secondary N) is 1. The number of carbonyl (C=O) groups excluding carboxylic acids is 1. The molecule has 21 heavy (non-hydrogen) atoms. The van der Waals surface area contributed by atoms with Gasteiger partial charge in [-0.3, -0.25) is 4.79 Å². The SMILES string of the molecule is CCOc1ccc(Cl)cc1NC(=O)c1ccc(Cl)c(Cl)c1. The highest BCUT2D eigenvalue weighted by Crippen LogP contribution is 2.29. The normalized spacial score (nSPS) is 10.3. The number of hydrogen-bond donors (Lipinski definition) is 1. The van der Waals surface area contributed by atoms with Crippen molar-refractivity contribution in [2.45, 2.75) is 6.92 Å². The van der Waals surface area contributed by atoms with Gasteiger partial charge in [-0.1, -0.05) is 34.8 Å². The number of hydrogen-bond acceptors (Lipinski definition) is 2. The molecule has 6 heteroatoms. The van der Waals surface area contributed by atoms with Crippen LogP contribution in [0.4, 0.5) is 5.69 Å². The van der Waals surface area contributed by atoms with Crippen molar-refractivity contribution in [2.24, 2.45) is 0 Å². The Hall–Kier alpha value is -1.42. The van der Waals surface area contributed by atoms with Crippen molar-refractivity contribution in [3.8, 4) is 5.75 Å². The van der Waals surface area contributed by atoms with Crippen LogP contribution in [0.3, 0.4) is 0 Å². The highest BCUT2D eigenvalue weighted by molar-refractivity contribution is 6.42. The van der Waals surface area contributed by atoms with E-state index in [4.69, 9.17) is 39.5 Å². The van der Waals surface area contributed by atoms with Crippen molar-refractivity contribution < 1.29 is 9.53 Å². The van der Waals surface area contributed by atoms with Crippen LogP contribution in [-0.4, -0.2) is 12.5 Å². The minimum Gasteiger partial charge on any atom is -0.492 e. The highest BCUT2D eigenvalue weighted by atomic mass is 35.5. The Morgan fingerprint density at radius 1 is 1.10 bits per heavy atom. The first-order valence-corrected chi connectivity index (χ1v) is 7.33. The zero-order valence-corrected chi connectivity index (χ0v) is 13.4. The van der Waals surface area contributed by atoms with E-state index in [1.54, 1.807) is 30.3 Å². The molecule has 3 nitrogen and oxygen atoms in total. The van der Waals surface area contributed by atoms with Crippen molar-refractivity contribution in [1.29, 1.82) is 0 Å². The summed E-state index contributed by atoms with van der Waals surface area (Å²) < 4.78 is 5.45. The molecule has 0 aliphatic carbocycles. The molecule has 1 amide bonds. The maximum absolute atomic E-state index is 12.2. The van der Waals surface area contributed by atoms with Gasteiger partial charge in [0, 0.05) is 10.6 Å². The largest absolute Gasteiger partial charge is 0.492 e. The van der Waals surface area contributed by atoms with Gasteiger partial charge in [-0.05, 0) is 43.3 Å². The summed E-state index contributed by atoms with van der Waals surface area (Å²) in [6.07, 6.45) is 0. The smallest absolute Gasteiger partial charge is 0.255 e. The molecule has 0 saturated heterocycles. The molecule has 110 valence electrons. The lowest BCUT2D eigenvalue weighted by Gasteiger charge is -2.12. The van der Waals surface area contributed by atoms with Gasteiger partial charge in [0.2, 0.25) is 0 Å². The van der Waals surface area contributed by atoms with E-state index in [1.165, 1.54) is 6.07 Å². The first-order chi connectivity index (χ1) is 10.0. The lowest BCUT2D eigenvalue weighted by atomic mass is 10.2. The zero-order valence-electron chi connectivity index (χ0n) is 11.1. The molecule has 0 saturated carbocycles. The molecule has 0 aromatic heterocycles. The predicted octanol–water partition coefficient (Wildman–Crippen LogP) is 5.30. The van der Waals surface area contributed by atoms with Gasteiger partial charge in [0.1, 0.15) is 5.75 Å². The first kappa shape index (κ1) is 16.0. The number of ether oxygens (including phenoxy) is 1. The number of halogens is 3. The molecule has 0 atom stereocenters. The minimum atomic E-state index is -0.322. The van der Waals surface area contributed by atoms with Gasteiger partial charge in [0.25, 0.3) is 5.91 Å². The number of benzene rings is 2. The summed E-state index contributed by atoms with van der Waals surface area (Å²) in [4.78, 5) is 12.2. The maximum atomic E-state index is 12.2. The van der Waals surface area contributed by atoms with Crippen LogP contribution in [0.25, 0.3) is 0 Å². The van der Waals surface area contributed by atoms with Crippen molar-refractivity contribution >= 4 is 46.4 Å². The fourth-order valence-electron chi connectivity index (χ4n) is 1.71. The van der Waals surface area contributed by atoms with Crippen LogP contribution in [0.1, 0.15) is 17.3 Å². The van der Waals surface area contributed by atoms with Crippen molar-refractivity contribution in [1.82, 2.24) is 0 Å². The third-order valence-corrected chi connectivity index (χ3v) is 3.65. The van der Waals surface area contributed by atoms with Gasteiger partial charge >= 0.3 is 0 Å². The Morgan fingerprint density at radius 2 is 1.86 bits per heavy atom. The Labute approximate surface area is 137 Å². The van der Waals surface area contributed by atoms with Crippen LogP contribution < -0.4 is 10.1 Å². The fourth-order valence-corrected chi connectivity index (χ4v) is 2.18. The summed E-state index contributed by atoms with van der Waals surface area (Å²) >= 11 is 17.7. The second-order valence-corrected chi connectivity index (χ2v) is 5.41. The number of rotatable bonds is 4. The van der Waals surface area contributed by atoms with Gasteiger partial charge in [-0.2, -0.15) is 0 Å². The minimum absolute atomic E-state index is 0.320. The Bertz CT molecular complexity index is 674. The lowest BCUT2D eigenvalue weighted by molar-refractivity contribution is 0.102. The number of anilines is 1. The first-order valence-electron chi connectivity index (χ1n) is 6.20. The molecule has 0 aliphatic heterocycles. The molecular weight excluding hydrogens is 333 g/mol. The zero-order chi connectivity index (χ0) is 15.4. The molecule has 0 radical (unpaired) electrons. The summed E-state index contributed by atoms with van der Waals surface area (Å²) in [5, 5.41) is 3.97. The Kier molecular flexibility index (Phi) is 5.34. The average Bonchev–Trinajstić information content (AvgIpc) is 2.45. The van der Waals surface area contributed by atoms with Crippen molar-refractivity contribution in [2.75, 3.05) is 11.9 Å². The Morgan fingerprint density at radius 3 is 2.52 bits per heavy atom. The van der Waals surface area contributed by atoms with Crippen molar-refractivity contribution in [3.63, 3.8) is 0 Å². The van der Waals surface area contributed by atoms with Crippen molar-refractivity contribution in [3.05, 3.63) is 57.0 Å². The van der Waals surface area contributed by atoms with Crippen LogP contribution in [0.5, 0.6) is 5.75 Å². The standard InChI is InChI=1S/C15H12Cl3NO2/c1-2-21-14-6-4-10(16)8-13(14)19-15(20)9-3-5-11(17)12(18)7-9/h3-8H,2H2,1H3,(H,19,20). The van der Waals surface area contributed by atoms with E-state index in [0.29, 0.717) is 38.7 Å². The van der Waals surface area contributed by atoms with Gasteiger partial charge < -0.3 is 10.1 Å². The topological polar surface area (TPSA) is 38.3 Å². The number of carbonyl (C=O) groups is 1. The molecule has 2 aromatic rings. The predicted molar refractivity (Wildman–Crippen MR) is 87.0 cm³/mol.